The molecule has 0 N–H and O–H groups in total. The third-order valence-corrected chi connectivity index (χ3v) is 4.73. The highest BCUT2D eigenvalue weighted by atomic mass is 16.7. The van der Waals surface area contributed by atoms with Gasteiger partial charge < -0.3 is 9.47 Å². The van der Waals surface area contributed by atoms with Gasteiger partial charge in [0, 0.05) is 11.5 Å². The number of esters is 1. The molecule has 27 heavy (non-hydrogen) atoms. The van der Waals surface area contributed by atoms with E-state index < -0.39 is 6.29 Å². The number of carbonyl (C=O) groups is 1. The van der Waals surface area contributed by atoms with E-state index in [1.807, 2.05) is 97.9 Å². The second kappa shape index (κ2) is 7.50. The molecule has 4 rings (SSSR count). The maximum absolute atomic E-state index is 13.0. The van der Waals surface area contributed by atoms with Crippen molar-refractivity contribution in [3.05, 3.63) is 113 Å². The second-order valence-electron chi connectivity index (χ2n) is 6.50. The first-order valence-corrected chi connectivity index (χ1v) is 9.01. The van der Waals surface area contributed by atoms with Crippen molar-refractivity contribution in [3.8, 4) is 0 Å². The zero-order chi connectivity index (χ0) is 18.6. The van der Waals surface area contributed by atoms with Crippen molar-refractivity contribution < 1.29 is 14.3 Å². The molecule has 2 unspecified atom stereocenters. The molecule has 0 amide bonds. The quantitative estimate of drug-likeness (QED) is 0.581. The number of hydrogen-bond acceptors (Lipinski definition) is 3. The molecule has 134 valence electrons. The predicted octanol–water partition coefficient (Wildman–Crippen LogP) is 5.47. The van der Waals surface area contributed by atoms with Crippen LogP contribution in [0, 0.1) is 0 Å². The van der Waals surface area contributed by atoms with Crippen molar-refractivity contribution in [2.45, 2.75) is 19.1 Å². The second-order valence-corrected chi connectivity index (χ2v) is 6.50. The number of hydrogen-bond donors (Lipinski definition) is 0. The van der Waals surface area contributed by atoms with Gasteiger partial charge in [0.15, 0.2) is 0 Å². The minimum atomic E-state index is -0.743. The molecule has 0 radical (unpaired) electrons. The number of allylic oxidation sites excluding steroid dienone is 1. The maximum atomic E-state index is 13.0. The minimum Gasteiger partial charge on any atom is -0.453 e. The first-order chi connectivity index (χ1) is 13.2. The van der Waals surface area contributed by atoms with Crippen LogP contribution in [0.2, 0.25) is 0 Å². The van der Waals surface area contributed by atoms with Crippen LogP contribution in [0.15, 0.2) is 96.8 Å². The summed E-state index contributed by atoms with van der Waals surface area (Å²) in [7, 11) is 0. The van der Waals surface area contributed by atoms with E-state index in [1.54, 1.807) is 0 Å². The zero-order valence-corrected chi connectivity index (χ0v) is 15.0. The molecule has 3 aromatic carbocycles. The molecule has 1 aliphatic heterocycles. The Hall–Kier alpha value is -3.33. The molecule has 3 heteroatoms. The molecule has 0 aromatic heterocycles. The standard InChI is InChI=1S/C24H20O3/c1-17(18-11-5-2-6-12-18)22-21(19-13-7-3-8-14-19)23(25)27-24(26-22)20-15-9-4-10-16-20/h2-17,24H,1H3. The van der Waals surface area contributed by atoms with Crippen molar-refractivity contribution in [1.29, 1.82) is 0 Å². The van der Waals surface area contributed by atoms with Gasteiger partial charge in [-0.2, -0.15) is 0 Å². The molecule has 0 saturated heterocycles. The molecule has 1 heterocycles. The fraction of sp³-hybridized carbons (Fsp3) is 0.125. The van der Waals surface area contributed by atoms with Crippen LogP contribution in [0.5, 0.6) is 0 Å². The highest BCUT2D eigenvalue weighted by molar-refractivity contribution is 6.17. The van der Waals surface area contributed by atoms with E-state index in [0.717, 1.165) is 16.7 Å². The van der Waals surface area contributed by atoms with Gasteiger partial charge in [-0.1, -0.05) is 97.9 Å². The average molecular weight is 356 g/mol. The summed E-state index contributed by atoms with van der Waals surface area (Å²) >= 11 is 0. The van der Waals surface area contributed by atoms with Gasteiger partial charge in [-0.05, 0) is 11.1 Å². The molecule has 0 bridgehead atoms. The normalized spacial score (nSPS) is 17.8. The molecule has 1 aliphatic rings. The summed E-state index contributed by atoms with van der Waals surface area (Å²) in [5.41, 5.74) is 3.18. The van der Waals surface area contributed by atoms with Crippen LogP contribution in [0.4, 0.5) is 0 Å². The zero-order valence-electron chi connectivity index (χ0n) is 15.0. The van der Waals surface area contributed by atoms with Gasteiger partial charge in [0.1, 0.15) is 11.3 Å². The van der Waals surface area contributed by atoms with Gasteiger partial charge in [-0.15, -0.1) is 0 Å². The first kappa shape index (κ1) is 17.1. The SMILES string of the molecule is CC(C1=C(c2ccccc2)C(=O)OC(c2ccccc2)O1)c1ccccc1. The van der Waals surface area contributed by atoms with Crippen LogP contribution in [-0.4, -0.2) is 5.97 Å². The summed E-state index contributed by atoms with van der Waals surface area (Å²) in [6, 6.07) is 29.1. The van der Waals surface area contributed by atoms with E-state index in [4.69, 9.17) is 9.47 Å². The molecule has 0 fully saturated rings. The van der Waals surface area contributed by atoms with E-state index in [9.17, 15) is 4.79 Å². The van der Waals surface area contributed by atoms with E-state index in [0.29, 0.717) is 11.3 Å². The first-order valence-electron chi connectivity index (χ1n) is 9.01. The Labute approximate surface area is 158 Å². The molecular weight excluding hydrogens is 336 g/mol. The van der Waals surface area contributed by atoms with E-state index in [2.05, 4.69) is 0 Å². The van der Waals surface area contributed by atoms with E-state index in [1.165, 1.54) is 0 Å². The van der Waals surface area contributed by atoms with E-state index in [-0.39, 0.29) is 11.9 Å². The number of benzene rings is 3. The summed E-state index contributed by atoms with van der Waals surface area (Å²) in [5.74, 6) is 0.192. The van der Waals surface area contributed by atoms with E-state index >= 15 is 0 Å². The lowest BCUT2D eigenvalue weighted by atomic mass is 9.92. The van der Waals surface area contributed by atoms with Crippen LogP contribution in [0.25, 0.3) is 5.57 Å². The highest BCUT2D eigenvalue weighted by Crippen LogP contribution is 2.40. The average Bonchev–Trinajstić information content (AvgIpc) is 2.74. The smallest absolute Gasteiger partial charge is 0.345 e. The fourth-order valence-corrected chi connectivity index (χ4v) is 3.28. The molecule has 3 aromatic rings. The molecule has 3 nitrogen and oxygen atoms in total. The van der Waals surface area contributed by atoms with Crippen molar-refractivity contribution in [2.24, 2.45) is 0 Å². The van der Waals surface area contributed by atoms with Gasteiger partial charge in [-0.3, -0.25) is 0 Å². The van der Waals surface area contributed by atoms with Gasteiger partial charge in [0.25, 0.3) is 6.29 Å². The monoisotopic (exact) mass is 356 g/mol. The molecule has 0 saturated carbocycles. The summed E-state index contributed by atoms with van der Waals surface area (Å²) < 4.78 is 11.9. The van der Waals surface area contributed by atoms with Gasteiger partial charge in [0.2, 0.25) is 0 Å². The summed E-state index contributed by atoms with van der Waals surface area (Å²) in [6.45, 7) is 2.05. The highest BCUT2D eigenvalue weighted by Gasteiger charge is 2.34. The van der Waals surface area contributed by atoms with Gasteiger partial charge in [0.05, 0.1) is 0 Å². The number of carbonyl (C=O) groups excluding carboxylic acids is 1. The third kappa shape index (κ3) is 3.49. The Kier molecular flexibility index (Phi) is 4.75. The summed E-state index contributed by atoms with van der Waals surface area (Å²) in [5, 5.41) is 0. The van der Waals surface area contributed by atoms with Crippen LogP contribution in [0.1, 0.15) is 35.8 Å². The largest absolute Gasteiger partial charge is 0.453 e. The number of rotatable bonds is 4. The van der Waals surface area contributed by atoms with Crippen LogP contribution in [-0.2, 0) is 14.3 Å². The van der Waals surface area contributed by atoms with Crippen LogP contribution in [0.3, 0.4) is 0 Å². The van der Waals surface area contributed by atoms with Crippen molar-refractivity contribution in [2.75, 3.05) is 0 Å². The minimum absolute atomic E-state index is 0.0829. The predicted molar refractivity (Wildman–Crippen MR) is 105 cm³/mol. The van der Waals surface area contributed by atoms with Gasteiger partial charge in [-0.25, -0.2) is 4.79 Å². The number of cyclic esters (lactones) is 1. The number of ether oxygens (including phenoxy) is 2. The third-order valence-electron chi connectivity index (χ3n) is 4.73. The fourth-order valence-electron chi connectivity index (χ4n) is 3.28. The molecule has 0 spiro atoms. The van der Waals surface area contributed by atoms with Crippen LogP contribution < -0.4 is 0 Å². The summed E-state index contributed by atoms with van der Waals surface area (Å²) in [4.78, 5) is 13.0. The van der Waals surface area contributed by atoms with Crippen molar-refractivity contribution >= 4 is 11.5 Å². The molecule has 0 aliphatic carbocycles. The lowest BCUT2D eigenvalue weighted by molar-refractivity contribution is -0.172. The van der Waals surface area contributed by atoms with Crippen molar-refractivity contribution in [3.63, 3.8) is 0 Å². The molecular formula is C24H20O3. The Morgan fingerprint density at radius 1 is 0.741 bits per heavy atom. The lowest BCUT2D eigenvalue weighted by Crippen LogP contribution is -2.25. The van der Waals surface area contributed by atoms with Crippen LogP contribution >= 0.6 is 0 Å². The van der Waals surface area contributed by atoms with Crippen molar-refractivity contribution in [1.82, 2.24) is 0 Å². The topological polar surface area (TPSA) is 35.5 Å². The molecule has 2 atom stereocenters. The Bertz CT molecular complexity index is 947. The summed E-state index contributed by atoms with van der Waals surface area (Å²) in [6.07, 6.45) is -0.743. The lowest BCUT2D eigenvalue weighted by Gasteiger charge is -2.31. The maximum Gasteiger partial charge on any atom is 0.345 e. The Morgan fingerprint density at radius 3 is 1.93 bits per heavy atom. The van der Waals surface area contributed by atoms with Gasteiger partial charge >= 0.3 is 5.97 Å². The Morgan fingerprint density at radius 2 is 1.30 bits per heavy atom. The Balaban J connectivity index is 1.81.